The van der Waals surface area contributed by atoms with Crippen LogP contribution in [0.4, 0.5) is 0 Å². The molecule has 0 aromatic heterocycles. The highest BCUT2D eigenvalue weighted by Crippen LogP contribution is 2.22. The molecule has 0 unspecified atom stereocenters. The number of nitrogens with zero attached hydrogens (tertiary/aromatic N) is 2. The van der Waals surface area contributed by atoms with E-state index in [1.165, 1.54) is 6.42 Å². The fourth-order valence-corrected chi connectivity index (χ4v) is 2.11. The van der Waals surface area contributed by atoms with Crippen LogP contribution in [0.25, 0.3) is 0 Å². The molecule has 2 fully saturated rings. The fraction of sp³-hybridized carbons (Fsp3) is 0.875. The third kappa shape index (κ3) is 2.19. The van der Waals surface area contributed by atoms with Crippen LogP contribution in [0, 0.1) is 0 Å². The minimum absolute atomic E-state index is 0. The lowest BCUT2D eigenvalue weighted by atomic mass is 10.1. The van der Waals surface area contributed by atoms with E-state index < -0.39 is 0 Å². The van der Waals surface area contributed by atoms with Crippen molar-refractivity contribution < 1.29 is 4.79 Å². The first kappa shape index (κ1) is 11.3. The second kappa shape index (κ2) is 4.66. The molecule has 3 nitrogen and oxygen atoms in total. The Hall–Kier alpha value is 0.260. The van der Waals surface area contributed by atoms with E-state index in [9.17, 15) is 4.79 Å². The summed E-state index contributed by atoms with van der Waals surface area (Å²) in [5.41, 5.74) is 0. The van der Waals surface area contributed by atoms with Gasteiger partial charge in [0.2, 0.25) is 5.91 Å². The van der Waals surface area contributed by atoms with E-state index in [0.717, 1.165) is 32.5 Å². The third-order valence-corrected chi connectivity index (χ3v) is 3.16. The van der Waals surface area contributed by atoms with Gasteiger partial charge in [-0.2, -0.15) is 0 Å². The largest absolute Gasteiger partial charge is 0.341 e. The van der Waals surface area contributed by atoms with Gasteiger partial charge < -0.3 is 4.90 Å². The Morgan fingerprint density at radius 2 is 1.92 bits per heavy atom. The van der Waals surface area contributed by atoms with Gasteiger partial charge in [-0.1, -0.05) is 12.8 Å². The van der Waals surface area contributed by atoms with Crippen molar-refractivity contribution in [2.45, 2.75) is 25.3 Å². The van der Waals surface area contributed by atoms with Crippen LogP contribution < -0.4 is 0 Å². The van der Waals surface area contributed by atoms with Gasteiger partial charge in [0.25, 0.3) is 0 Å². The SMILES string of the molecule is Br.O=C([C@@H]1CCCN1S)N1CCC1. The Morgan fingerprint density at radius 1 is 1.23 bits per heavy atom. The molecule has 13 heavy (non-hydrogen) atoms. The number of amides is 1. The monoisotopic (exact) mass is 266 g/mol. The Kier molecular flexibility index (Phi) is 4.06. The average Bonchev–Trinajstić information content (AvgIpc) is 2.31. The van der Waals surface area contributed by atoms with E-state index in [0.29, 0.717) is 0 Å². The Balaban J connectivity index is 0.000000845. The van der Waals surface area contributed by atoms with Gasteiger partial charge >= 0.3 is 0 Å². The van der Waals surface area contributed by atoms with E-state index in [4.69, 9.17) is 0 Å². The Labute approximate surface area is 94.8 Å². The summed E-state index contributed by atoms with van der Waals surface area (Å²) < 4.78 is 1.88. The smallest absolute Gasteiger partial charge is 0.240 e. The van der Waals surface area contributed by atoms with Gasteiger partial charge in [0.05, 0.1) is 6.04 Å². The van der Waals surface area contributed by atoms with Gasteiger partial charge in [0.15, 0.2) is 0 Å². The molecule has 0 aromatic carbocycles. The standard InChI is InChI=1S/C8H14N2OS.BrH/c11-8(9-4-2-5-9)7-3-1-6-10(7)12;/h7,12H,1-6H2;1H/t7-;/m0./s1. The molecule has 2 aliphatic rings. The number of hydrogen-bond donors (Lipinski definition) is 1. The topological polar surface area (TPSA) is 23.6 Å². The molecule has 2 rings (SSSR count). The van der Waals surface area contributed by atoms with E-state index in [2.05, 4.69) is 12.8 Å². The summed E-state index contributed by atoms with van der Waals surface area (Å²) in [4.78, 5) is 13.6. The van der Waals surface area contributed by atoms with Gasteiger partial charge in [-0.05, 0) is 19.3 Å². The maximum Gasteiger partial charge on any atom is 0.240 e. The molecule has 76 valence electrons. The molecule has 0 aliphatic carbocycles. The van der Waals surface area contributed by atoms with Gasteiger partial charge in [0, 0.05) is 19.6 Å². The Morgan fingerprint density at radius 3 is 2.31 bits per heavy atom. The van der Waals surface area contributed by atoms with Crippen molar-refractivity contribution in [3.63, 3.8) is 0 Å². The molecule has 0 spiro atoms. The summed E-state index contributed by atoms with van der Waals surface area (Å²) in [5, 5.41) is 0. The molecule has 0 radical (unpaired) electrons. The number of hydrogen-bond acceptors (Lipinski definition) is 3. The summed E-state index contributed by atoms with van der Waals surface area (Å²) >= 11 is 4.27. The van der Waals surface area contributed by atoms with Crippen molar-refractivity contribution in [2.24, 2.45) is 0 Å². The van der Waals surface area contributed by atoms with Gasteiger partial charge in [-0.25, -0.2) is 4.31 Å². The Bertz CT molecular complexity index is 199. The molecule has 1 atom stereocenters. The maximum atomic E-state index is 11.7. The number of carbonyl (C=O) groups is 1. The van der Waals surface area contributed by atoms with Crippen molar-refractivity contribution in [1.29, 1.82) is 0 Å². The summed E-state index contributed by atoms with van der Waals surface area (Å²) in [5.74, 6) is 0.286. The van der Waals surface area contributed by atoms with Crippen LogP contribution in [-0.4, -0.2) is 40.8 Å². The molecule has 1 amide bonds. The summed E-state index contributed by atoms with van der Waals surface area (Å²) in [6.45, 7) is 2.86. The number of likely N-dealkylation sites (tertiary alicyclic amines) is 1. The maximum absolute atomic E-state index is 11.7. The van der Waals surface area contributed by atoms with Crippen LogP contribution in [0.1, 0.15) is 19.3 Å². The summed E-state index contributed by atoms with van der Waals surface area (Å²) in [6, 6.07) is 0.0635. The molecular weight excluding hydrogens is 252 g/mol. The molecule has 0 saturated carbocycles. The first-order chi connectivity index (χ1) is 5.79. The minimum atomic E-state index is 0. The lowest BCUT2D eigenvalue weighted by Crippen LogP contribution is -2.49. The van der Waals surface area contributed by atoms with Gasteiger partial charge in [-0.15, -0.1) is 17.0 Å². The van der Waals surface area contributed by atoms with Crippen molar-refractivity contribution in [2.75, 3.05) is 19.6 Å². The van der Waals surface area contributed by atoms with E-state index >= 15 is 0 Å². The molecule has 0 aromatic rings. The zero-order valence-electron chi connectivity index (χ0n) is 7.48. The van der Waals surface area contributed by atoms with Crippen LogP contribution in [0.2, 0.25) is 0 Å². The molecule has 5 heteroatoms. The predicted molar refractivity (Wildman–Crippen MR) is 60.2 cm³/mol. The molecule has 2 aliphatic heterocycles. The van der Waals surface area contributed by atoms with Crippen molar-refractivity contribution in [1.82, 2.24) is 9.21 Å². The number of rotatable bonds is 1. The van der Waals surface area contributed by atoms with Crippen molar-refractivity contribution in [3.05, 3.63) is 0 Å². The number of carbonyl (C=O) groups excluding carboxylic acids is 1. The van der Waals surface area contributed by atoms with E-state index in [1.807, 2.05) is 9.21 Å². The average molecular weight is 267 g/mol. The van der Waals surface area contributed by atoms with Crippen molar-refractivity contribution in [3.8, 4) is 0 Å². The summed E-state index contributed by atoms with van der Waals surface area (Å²) in [6.07, 6.45) is 3.26. The first-order valence-corrected chi connectivity index (χ1v) is 4.93. The summed E-state index contributed by atoms with van der Waals surface area (Å²) in [7, 11) is 0. The molecule has 0 N–H and O–H groups in total. The van der Waals surface area contributed by atoms with Crippen LogP contribution in [0.15, 0.2) is 0 Å². The highest BCUT2D eigenvalue weighted by Gasteiger charge is 2.33. The zero-order chi connectivity index (χ0) is 8.55. The number of thiol groups is 1. The lowest BCUT2D eigenvalue weighted by Gasteiger charge is -2.34. The van der Waals surface area contributed by atoms with Crippen LogP contribution in [0.5, 0.6) is 0 Å². The zero-order valence-corrected chi connectivity index (χ0v) is 10.1. The molecular formula is C8H15BrN2OS. The lowest BCUT2D eigenvalue weighted by molar-refractivity contribution is -0.137. The second-order valence-electron chi connectivity index (χ2n) is 3.50. The van der Waals surface area contributed by atoms with Crippen LogP contribution in [0.3, 0.4) is 0 Å². The van der Waals surface area contributed by atoms with Gasteiger partial charge in [0.1, 0.15) is 0 Å². The minimum Gasteiger partial charge on any atom is -0.341 e. The predicted octanol–water partition coefficient (Wildman–Crippen LogP) is 1.11. The molecule has 2 heterocycles. The highest BCUT2D eigenvalue weighted by atomic mass is 79.9. The highest BCUT2D eigenvalue weighted by molar-refractivity contribution is 8.93. The van der Waals surface area contributed by atoms with Crippen LogP contribution >= 0.6 is 29.8 Å². The quantitative estimate of drug-likeness (QED) is 0.719. The molecule has 2 saturated heterocycles. The normalized spacial score (nSPS) is 28.1. The molecule has 0 bridgehead atoms. The van der Waals surface area contributed by atoms with E-state index in [-0.39, 0.29) is 28.9 Å². The van der Waals surface area contributed by atoms with Gasteiger partial charge in [-0.3, -0.25) is 4.79 Å². The second-order valence-corrected chi connectivity index (χ2v) is 4.01. The first-order valence-electron chi connectivity index (χ1n) is 4.53. The van der Waals surface area contributed by atoms with Crippen molar-refractivity contribution >= 4 is 35.7 Å². The fourth-order valence-electron chi connectivity index (χ4n) is 1.75. The van der Waals surface area contributed by atoms with E-state index in [1.54, 1.807) is 0 Å². The van der Waals surface area contributed by atoms with Crippen LogP contribution in [-0.2, 0) is 4.79 Å². The number of halogens is 1. The third-order valence-electron chi connectivity index (χ3n) is 2.68.